The summed E-state index contributed by atoms with van der Waals surface area (Å²) in [7, 11) is 1.42. The predicted octanol–water partition coefficient (Wildman–Crippen LogP) is 2.96. The van der Waals surface area contributed by atoms with Gasteiger partial charge in [0.1, 0.15) is 5.71 Å². The lowest BCUT2D eigenvalue weighted by atomic mass is 9.80. The number of carbonyl (C=O) groups excluding carboxylic acids is 1. The summed E-state index contributed by atoms with van der Waals surface area (Å²) in [6.45, 7) is 3.99. The minimum absolute atomic E-state index is 0.252. The van der Waals surface area contributed by atoms with Gasteiger partial charge in [-0.05, 0) is 12.1 Å². The predicted molar refractivity (Wildman–Crippen MR) is 87.8 cm³/mol. The van der Waals surface area contributed by atoms with Crippen LogP contribution in [0.3, 0.4) is 0 Å². The van der Waals surface area contributed by atoms with Crippen molar-refractivity contribution in [3.63, 3.8) is 0 Å². The van der Waals surface area contributed by atoms with Gasteiger partial charge in [-0.15, -0.1) is 0 Å². The van der Waals surface area contributed by atoms with E-state index in [9.17, 15) is 23.1 Å². The normalized spacial score (nSPS) is 20.8. The molecule has 1 N–H and O–H groups in total. The fourth-order valence-electron chi connectivity index (χ4n) is 2.49. The Hall–Kier alpha value is -2.29. The Kier molecular flexibility index (Phi) is 5.23. The van der Waals surface area contributed by atoms with Gasteiger partial charge in [0.05, 0.1) is 7.11 Å². The van der Waals surface area contributed by atoms with Crippen molar-refractivity contribution in [1.29, 1.82) is 0 Å². The van der Waals surface area contributed by atoms with E-state index in [-0.39, 0.29) is 5.75 Å². The standard InChI is InChI=1S/C17H21F3N2O4/c1-15(2,3)16(24)9-13(17(18,19)20)21-22(16)14(23)10-26-12-8-6-5-7-11(12)25-4/h5-8,24H,9-10H2,1-4H3/t16-/m1/s1. The van der Waals surface area contributed by atoms with Gasteiger partial charge in [-0.3, -0.25) is 4.79 Å². The van der Waals surface area contributed by atoms with Gasteiger partial charge in [0, 0.05) is 11.8 Å². The lowest BCUT2D eigenvalue weighted by Crippen LogP contribution is -2.56. The van der Waals surface area contributed by atoms with Crippen molar-refractivity contribution in [1.82, 2.24) is 5.01 Å². The Labute approximate surface area is 149 Å². The van der Waals surface area contributed by atoms with E-state index in [1.54, 1.807) is 24.3 Å². The van der Waals surface area contributed by atoms with Gasteiger partial charge < -0.3 is 14.6 Å². The molecule has 0 fully saturated rings. The first-order valence-electron chi connectivity index (χ1n) is 7.86. The Balaban J connectivity index is 2.24. The molecule has 0 aromatic heterocycles. The molecule has 0 spiro atoms. The number of methoxy groups -OCH3 is 1. The van der Waals surface area contributed by atoms with Crippen LogP contribution in [-0.2, 0) is 4.79 Å². The van der Waals surface area contributed by atoms with Crippen LogP contribution in [0.25, 0.3) is 0 Å². The second-order valence-electron chi connectivity index (χ2n) is 6.93. The minimum Gasteiger partial charge on any atom is -0.493 e. The smallest absolute Gasteiger partial charge is 0.431 e. The Morgan fingerprint density at radius 3 is 2.35 bits per heavy atom. The van der Waals surface area contributed by atoms with Gasteiger partial charge in [-0.2, -0.15) is 23.3 Å². The quantitative estimate of drug-likeness (QED) is 0.880. The molecule has 1 atom stereocenters. The zero-order valence-electron chi connectivity index (χ0n) is 14.9. The maximum Gasteiger partial charge on any atom is 0.431 e. The zero-order chi connectivity index (χ0) is 19.8. The van der Waals surface area contributed by atoms with Crippen molar-refractivity contribution in [2.24, 2.45) is 10.5 Å². The van der Waals surface area contributed by atoms with Crippen molar-refractivity contribution in [2.45, 2.75) is 39.1 Å². The molecule has 1 aliphatic heterocycles. The third kappa shape index (κ3) is 3.77. The summed E-state index contributed by atoms with van der Waals surface area (Å²) in [4.78, 5) is 12.5. The Morgan fingerprint density at radius 1 is 1.27 bits per heavy atom. The first-order chi connectivity index (χ1) is 11.9. The van der Waals surface area contributed by atoms with Crippen LogP contribution in [0.15, 0.2) is 29.4 Å². The number of hydrogen-bond acceptors (Lipinski definition) is 5. The molecule has 1 amide bonds. The third-order valence-corrected chi connectivity index (χ3v) is 4.17. The van der Waals surface area contributed by atoms with Crippen molar-refractivity contribution in [3.8, 4) is 11.5 Å². The minimum atomic E-state index is -4.74. The third-order valence-electron chi connectivity index (χ3n) is 4.17. The number of alkyl halides is 3. The average Bonchev–Trinajstić information content (AvgIpc) is 2.92. The largest absolute Gasteiger partial charge is 0.493 e. The molecule has 2 rings (SSSR count). The van der Waals surface area contributed by atoms with Crippen LogP contribution < -0.4 is 9.47 Å². The fraction of sp³-hybridized carbons (Fsp3) is 0.529. The average molecular weight is 374 g/mol. The van der Waals surface area contributed by atoms with E-state index in [2.05, 4.69) is 5.10 Å². The van der Waals surface area contributed by atoms with Crippen LogP contribution in [0.4, 0.5) is 13.2 Å². The van der Waals surface area contributed by atoms with Gasteiger partial charge in [-0.25, -0.2) is 0 Å². The molecular weight excluding hydrogens is 353 g/mol. The first kappa shape index (κ1) is 20.0. The second kappa shape index (κ2) is 6.79. The van der Waals surface area contributed by atoms with E-state index in [0.29, 0.717) is 10.8 Å². The van der Waals surface area contributed by atoms with Gasteiger partial charge >= 0.3 is 6.18 Å². The van der Waals surface area contributed by atoms with E-state index < -0.39 is 42.0 Å². The highest BCUT2D eigenvalue weighted by atomic mass is 19.4. The maximum absolute atomic E-state index is 13.1. The molecule has 0 aliphatic carbocycles. The fourth-order valence-corrected chi connectivity index (χ4v) is 2.49. The summed E-state index contributed by atoms with van der Waals surface area (Å²) in [5.74, 6) is -0.276. The number of amides is 1. The van der Waals surface area contributed by atoms with Crippen LogP contribution in [0.2, 0.25) is 0 Å². The Bertz CT molecular complexity index is 713. The molecule has 9 heteroatoms. The summed E-state index contributed by atoms with van der Waals surface area (Å²) >= 11 is 0. The molecule has 144 valence electrons. The van der Waals surface area contributed by atoms with Gasteiger partial charge in [0.15, 0.2) is 23.8 Å². The highest BCUT2D eigenvalue weighted by Gasteiger charge is 2.57. The van der Waals surface area contributed by atoms with Crippen molar-refractivity contribution >= 4 is 11.6 Å². The number of carbonyl (C=O) groups is 1. The number of ether oxygens (including phenoxy) is 2. The van der Waals surface area contributed by atoms with Gasteiger partial charge in [0.25, 0.3) is 5.91 Å². The molecule has 0 unspecified atom stereocenters. The monoisotopic (exact) mass is 374 g/mol. The molecule has 0 saturated heterocycles. The summed E-state index contributed by atoms with van der Waals surface area (Å²) in [6.07, 6.45) is -5.54. The summed E-state index contributed by atoms with van der Waals surface area (Å²) < 4.78 is 49.6. The van der Waals surface area contributed by atoms with Crippen LogP contribution in [-0.4, -0.2) is 47.4 Å². The van der Waals surface area contributed by atoms with Crippen LogP contribution in [0, 0.1) is 5.41 Å². The SMILES string of the molecule is COc1ccccc1OCC(=O)N1N=C(C(F)(F)F)C[C@@]1(O)C(C)(C)C. The summed E-state index contributed by atoms with van der Waals surface area (Å²) in [5.41, 5.74) is -4.39. The molecule has 1 aromatic rings. The number of aliphatic hydroxyl groups is 1. The number of hydrazone groups is 1. The van der Waals surface area contributed by atoms with E-state index in [4.69, 9.17) is 9.47 Å². The number of rotatable bonds is 4. The lowest BCUT2D eigenvalue weighted by molar-refractivity contribution is -0.183. The summed E-state index contributed by atoms with van der Waals surface area (Å²) in [6, 6.07) is 6.52. The second-order valence-corrected chi connectivity index (χ2v) is 6.93. The van der Waals surface area contributed by atoms with Crippen LogP contribution in [0.5, 0.6) is 11.5 Å². The molecule has 6 nitrogen and oxygen atoms in total. The molecular formula is C17H21F3N2O4. The Morgan fingerprint density at radius 2 is 1.85 bits per heavy atom. The molecule has 1 heterocycles. The molecule has 0 bridgehead atoms. The van der Waals surface area contributed by atoms with E-state index in [1.165, 1.54) is 27.9 Å². The highest BCUT2D eigenvalue weighted by molar-refractivity contribution is 5.94. The highest BCUT2D eigenvalue weighted by Crippen LogP contribution is 2.43. The molecule has 1 aromatic carbocycles. The number of benzene rings is 1. The lowest BCUT2D eigenvalue weighted by Gasteiger charge is -2.41. The van der Waals surface area contributed by atoms with E-state index in [1.807, 2.05) is 0 Å². The van der Waals surface area contributed by atoms with Crippen molar-refractivity contribution < 1.29 is 32.5 Å². The number of para-hydroxylation sites is 2. The first-order valence-corrected chi connectivity index (χ1v) is 7.86. The summed E-state index contributed by atoms with van der Waals surface area (Å²) in [5, 5.41) is 14.6. The van der Waals surface area contributed by atoms with Gasteiger partial charge in [0.2, 0.25) is 0 Å². The zero-order valence-corrected chi connectivity index (χ0v) is 14.9. The molecule has 0 saturated carbocycles. The number of hydrogen-bond donors (Lipinski definition) is 1. The maximum atomic E-state index is 13.1. The van der Waals surface area contributed by atoms with Crippen molar-refractivity contribution in [3.05, 3.63) is 24.3 Å². The van der Waals surface area contributed by atoms with Crippen molar-refractivity contribution in [2.75, 3.05) is 13.7 Å². The van der Waals surface area contributed by atoms with Crippen LogP contribution in [0.1, 0.15) is 27.2 Å². The topological polar surface area (TPSA) is 71.4 Å². The van der Waals surface area contributed by atoms with E-state index >= 15 is 0 Å². The molecule has 0 radical (unpaired) electrons. The van der Waals surface area contributed by atoms with Gasteiger partial charge in [-0.1, -0.05) is 32.9 Å². The molecule has 1 aliphatic rings. The van der Waals surface area contributed by atoms with Crippen LogP contribution >= 0.6 is 0 Å². The number of nitrogens with zero attached hydrogens (tertiary/aromatic N) is 2. The number of halogens is 3. The molecule has 26 heavy (non-hydrogen) atoms. The van der Waals surface area contributed by atoms with E-state index in [0.717, 1.165) is 0 Å².